The average Bonchev–Trinajstić information content (AvgIpc) is 3.48. The molecule has 0 saturated carbocycles. The van der Waals surface area contributed by atoms with Gasteiger partial charge in [0.2, 0.25) is 0 Å². The fourth-order valence-corrected chi connectivity index (χ4v) is 9.86. The lowest BCUT2D eigenvalue weighted by molar-refractivity contribution is -0.146. The number of aliphatic hydroxyl groups excluding tert-OH is 1. The Kier molecular flexibility index (Phi) is 9.07. The molecule has 2 heterocycles. The highest BCUT2D eigenvalue weighted by Gasteiger charge is 2.66. The normalized spacial score (nSPS) is 21.5. The highest BCUT2D eigenvalue weighted by atomic mass is 28.4. The monoisotopic (exact) mass is 679 g/mol. The number of aliphatic hydroxyl groups is 1. The number of rotatable bonds is 9. The topological polar surface area (TPSA) is 180 Å². The van der Waals surface area contributed by atoms with Crippen LogP contribution in [-0.4, -0.2) is 48.7 Å². The van der Waals surface area contributed by atoms with Crippen molar-refractivity contribution >= 4 is 54.5 Å². The van der Waals surface area contributed by atoms with E-state index < -0.39 is 25.9 Å². The molecule has 0 radical (unpaired) electrons. The van der Waals surface area contributed by atoms with Crippen molar-refractivity contribution < 1.29 is 29.0 Å². The van der Waals surface area contributed by atoms with Gasteiger partial charge in [0, 0.05) is 57.5 Å². The van der Waals surface area contributed by atoms with Crippen LogP contribution in [0.25, 0.3) is 0 Å². The van der Waals surface area contributed by atoms with E-state index in [0.717, 1.165) is 5.56 Å². The first-order chi connectivity index (χ1) is 23.3. The van der Waals surface area contributed by atoms with Gasteiger partial charge in [-0.1, -0.05) is 19.1 Å². The minimum atomic E-state index is -2.89. The van der Waals surface area contributed by atoms with Crippen LogP contribution in [0.4, 0.5) is 28.4 Å². The van der Waals surface area contributed by atoms with Gasteiger partial charge in [-0.25, -0.2) is 0 Å². The Bertz CT molecular complexity index is 1880. The maximum Gasteiger partial charge on any atom is 0.264 e. The van der Waals surface area contributed by atoms with Crippen LogP contribution in [0.3, 0.4) is 0 Å². The molecule has 254 valence electrons. The van der Waals surface area contributed by atoms with E-state index in [9.17, 15) is 24.3 Å². The Labute approximate surface area is 286 Å². The fraction of sp³-hybridized carbons (Fsp3) is 0.270. The summed E-state index contributed by atoms with van der Waals surface area (Å²) in [7, 11) is -2.89. The molecule has 12 heteroatoms. The molecule has 1 saturated heterocycles. The summed E-state index contributed by atoms with van der Waals surface area (Å²) in [5.41, 5.74) is 14.9. The standard InChI is InChI=1S/C37H41N5O6Si/c1-22-33(49(2,3)47)32(18-19-43)48-37(22)30-20-29(41-35(45)25-8-12-27(39)13-9-25)16-17-31(30)42(36(37)46)21-23-4-14-28(15-5-23)40-34(44)24-6-10-26(38)11-7-24/h4-17,20,22,32-33,43,47H,18-19,21,38-39H2,1-3H3,(H,40,44)(H,41,45)/t22-,32+,33-,37+/m1/s1. The molecule has 4 aromatic rings. The van der Waals surface area contributed by atoms with Crippen molar-refractivity contribution in [3.63, 3.8) is 0 Å². The molecule has 8 N–H and O–H groups in total. The number of benzene rings is 4. The Morgan fingerprint density at radius 2 is 1.39 bits per heavy atom. The van der Waals surface area contributed by atoms with E-state index in [0.29, 0.717) is 45.1 Å². The summed E-state index contributed by atoms with van der Waals surface area (Å²) in [4.78, 5) is 53.6. The van der Waals surface area contributed by atoms with Crippen LogP contribution in [-0.2, 0) is 21.7 Å². The summed E-state index contributed by atoms with van der Waals surface area (Å²) in [5, 5.41) is 15.7. The lowest BCUT2D eigenvalue weighted by Crippen LogP contribution is -2.46. The lowest BCUT2D eigenvalue weighted by atomic mass is 9.82. The molecule has 0 aliphatic carbocycles. The molecule has 49 heavy (non-hydrogen) atoms. The van der Waals surface area contributed by atoms with Crippen molar-refractivity contribution in [2.75, 3.05) is 33.6 Å². The molecule has 1 fully saturated rings. The third-order valence-corrected chi connectivity index (χ3v) is 12.1. The van der Waals surface area contributed by atoms with Gasteiger partial charge < -0.3 is 41.6 Å². The predicted octanol–water partition coefficient (Wildman–Crippen LogP) is 5.08. The van der Waals surface area contributed by atoms with Gasteiger partial charge in [-0.3, -0.25) is 14.4 Å². The molecule has 2 aliphatic heterocycles. The number of nitrogens with two attached hydrogens (primary N) is 2. The number of carbonyl (C=O) groups excluding carboxylic acids is 3. The van der Waals surface area contributed by atoms with Gasteiger partial charge >= 0.3 is 0 Å². The molecule has 0 bridgehead atoms. The minimum absolute atomic E-state index is 0.155. The zero-order valence-corrected chi connectivity index (χ0v) is 28.6. The molecule has 2 aliphatic rings. The van der Waals surface area contributed by atoms with Crippen molar-refractivity contribution in [2.24, 2.45) is 5.92 Å². The Balaban J connectivity index is 1.32. The van der Waals surface area contributed by atoms with Crippen molar-refractivity contribution in [1.82, 2.24) is 0 Å². The molecule has 11 nitrogen and oxygen atoms in total. The van der Waals surface area contributed by atoms with E-state index in [1.165, 1.54) is 0 Å². The van der Waals surface area contributed by atoms with Crippen LogP contribution in [0.2, 0.25) is 18.6 Å². The molecule has 4 aromatic carbocycles. The molecule has 0 unspecified atom stereocenters. The van der Waals surface area contributed by atoms with Gasteiger partial charge in [0.1, 0.15) is 0 Å². The molecular formula is C37H41N5O6Si. The number of ether oxygens (including phenoxy) is 1. The third-order valence-electron chi connectivity index (χ3n) is 9.55. The second-order valence-electron chi connectivity index (χ2n) is 13.3. The number of hydrogen-bond donors (Lipinski definition) is 6. The van der Waals surface area contributed by atoms with Crippen LogP contribution < -0.4 is 27.0 Å². The van der Waals surface area contributed by atoms with E-state index in [-0.39, 0.29) is 42.8 Å². The highest BCUT2D eigenvalue weighted by molar-refractivity contribution is 6.71. The van der Waals surface area contributed by atoms with Crippen molar-refractivity contribution in [1.29, 1.82) is 0 Å². The van der Waals surface area contributed by atoms with Crippen LogP contribution in [0.15, 0.2) is 91.0 Å². The lowest BCUT2D eigenvalue weighted by Gasteiger charge is -2.32. The number of nitrogens with one attached hydrogen (secondary N) is 2. The summed E-state index contributed by atoms with van der Waals surface area (Å²) in [6.45, 7) is 5.64. The van der Waals surface area contributed by atoms with Crippen molar-refractivity contribution in [3.05, 3.63) is 113 Å². The molecule has 1 spiro atoms. The second-order valence-corrected chi connectivity index (χ2v) is 17.3. The van der Waals surface area contributed by atoms with Crippen molar-refractivity contribution in [3.8, 4) is 0 Å². The summed E-state index contributed by atoms with van der Waals surface area (Å²) in [6.07, 6.45) is -0.270. The van der Waals surface area contributed by atoms with E-state index in [1.807, 2.05) is 32.2 Å². The largest absolute Gasteiger partial charge is 0.432 e. The number of fused-ring (bicyclic) bond motifs is 2. The quantitative estimate of drug-likeness (QED) is 0.105. The van der Waals surface area contributed by atoms with Gasteiger partial charge in [-0.2, -0.15) is 0 Å². The smallest absolute Gasteiger partial charge is 0.264 e. The fourth-order valence-electron chi connectivity index (χ4n) is 7.26. The molecule has 6 rings (SSSR count). The minimum Gasteiger partial charge on any atom is -0.432 e. The van der Waals surface area contributed by atoms with Crippen LogP contribution >= 0.6 is 0 Å². The number of hydrogen-bond acceptors (Lipinski definition) is 8. The van der Waals surface area contributed by atoms with Gasteiger partial charge in [0.25, 0.3) is 17.7 Å². The zero-order valence-electron chi connectivity index (χ0n) is 27.6. The van der Waals surface area contributed by atoms with E-state index in [2.05, 4.69) is 10.6 Å². The number of amides is 3. The van der Waals surface area contributed by atoms with Gasteiger partial charge in [0.05, 0.1) is 18.3 Å². The van der Waals surface area contributed by atoms with Gasteiger partial charge in [-0.05, 0) is 104 Å². The van der Waals surface area contributed by atoms with Crippen molar-refractivity contribution in [2.45, 2.75) is 50.2 Å². The Hall–Kier alpha value is -5.01. The SMILES string of the molecule is C[C@@H]1[C@@H]([Si](C)(C)O)[C@H](CCO)O[C@@]12C(=O)N(Cc1ccc(NC(=O)c3ccc(N)cc3)cc1)c1ccc(NC(=O)c3ccc(N)cc3)cc12. The number of nitrogens with zero attached hydrogens (tertiary/aromatic N) is 1. The summed E-state index contributed by atoms with van der Waals surface area (Å²) < 4.78 is 6.72. The average molecular weight is 680 g/mol. The summed E-state index contributed by atoms with van der Waals surface area (Å²) in [5.74, 6) is -1.31. The number of nitrogen functional groups attached to an aromatic ring is 2. The van der Waals surface area contributed by atoms with Crippen LogP contribution in [0, 0.1) is 5.92 Å². The molecule has 3 amide bonds. The number of carbonyl (C=O) groups is 3. The molecule has 0 aromatic heterocycles. The number of anilines is 5. The second kappa shape index (κ2) is 13.1. The van der Waals surface area contributed by atoms with E-state index >= 15 is 0 Å². The summed E-state index contributed by atoms with van der Waals surface area (Å²) in [6, 6.07) is 25.8. The molecule has 4 atom stereocenters. The Morgan fingerprint density at radius 1 is 0.857 bits per heavy atom. The van der Waals surface area contributed by atoms with E-state index in [1.54, 1.807) is 83.8 Å². The maximum atomic E-state index is 14.7. The van der Waals surface area contributed by atoms with Gasteiger partial charge in [-0.15, -0.1) is 0 Å². The van der Waals surface area contributed by atoms with Crippen LogP contribution in [0.5, 0.6) is 0 Å². The summed E-state index contributed by atoms with van der Waals surface area (Å²) >= 11 is 0. The molecular weight excluding hydrogens is 639 g/mol. The van der Waals surface area contributed by atoms with E-state index in [4.69, 9.17) is 16.2 Å². The highest BCUT2D eigenvalue weighted by Crippen LogP contribution is 2.60. The first-order valence-electron chi connectivity index (χ1n) is 16.2. The first kappa shape index (κ1) is 33.9. The Morgan fingerprint density at radius 3 is 1.92 bits per heavy atom. The predicted molar refractivity (Wildman–Crippen MR) is 193 cm³/mol. The third kappa shape index (κ3) is 6.43. The van der Waals surface area contributed by atoms with Crippen LogP contribution in [0.1, 0.15) is 45.2 Å². The first-order valence-corrected chi connectivity index (χ1v) is 19.2. The van der Waals surface area contributed by atoms with Gasteiger partial charge in [0.15, 0.2) is 13.9 Å². The maximum absolute atomic E-state index is 14.7. The zero-order chi connectivity index (χ0) is 35.1.